The third kappa shape index (κ3) is 4.52. The predicted molar refractivity (Wildman–Crippen MR) is 51.4 cm³/mol. The molecule has 0 atom stereocenters. The number of quaternary nitrogens is 1. The summed E-state index contributed by atoms with van der Waals surface area (Å²) in [7, 11) is 4.83. The Morgan fingerprint density at radius 1 is 0.929 bits per heavy atom. The minimum Gasteiger partial charge on any atom is -0.341 e. The zero-order valence-corrected chi connectivity index (χ0v) is 9.06. The summed E-state index contributed by atoms with van der Waals surface area (Å²) in [6.07, 6.45) is 0. The number of nitrogens with zero attached hydrogens (tertiary/aromatic N) is 2. The quantitative estimate of drug-likeness (QED) is 0.235. The monoisotopic (exact) mass is 207 g/mol. The minimum atomic E-state index is 0.305. The lowest BCUT2D eigenvalue weighted by atomic mass is 10.6. The van der Waals surface area contributed by atoms with Gasteiger partial charge in [-0.2, -0.15) is 0 Å². The van der Waals surface area contributed by atoms with Gasteiger partial charge in [-0.15, -0.1) is 0 Å². The van der Waals surface area contributed by atoms with Crippen molar-refractivity contribution in [3.63, 3.8) is 0 Å². The van der Waals surface area contributed by atoms with Gasteiger partial charge in [-0.3, -0.25) is 0 Å². The van der Waals surface area contributed by atoms with Gasteiger partial charge >= 0.3 is 0 Å². The van der Waals surface area contributed by atoms with Gasteiger partial charge in [-0.1, -0.05) is 5.16 Å². The first-order chi connectivity index (χ1) is 6.74. The lowest BCUT2D eigenvalue weighted by Gasteiger charge is -2.33. The van der Waals surface area contributed by atoms with Crippen molar-refractivity contribution in [3.05, 3.63) is 0 Å². The highest BCUT2D eigenvalue weighted by Crippen LogP contribution is 2.07. The number of oxime groups is 1. The van der Waals surface area contributed by atoms with Gasteiger partial charge in [0.2, 0.25) is 0 Å². The van der Waals surface area contributed by atoms with Gasteiger partial charge in [0.15, 0.2) is 20.2 Å². The second-order valence-corrected chi connectivity index (χ2v) is 2.98. The van der Waals surface area contributed by atoms with Crippen LogP contribution in [-0.2, 0) is 19.0 Å². The first-order valence-electron chi connectivity index (χ1n) is 4.14. The van der Waals surface area contributed by atoms with E-state index in [4.69, 9.17) is 19.0 Å². The molecule has 0 radical (unpaired) electrons. The van der Waals surface area contributed by atoms with Crippen LogP contribution in [0.15, 0.2) is 5.16 Å². The molecule has 0 amide bonds. The zero-order valence-electron chi connectivity index (χ0n) is 9.06. The number of ether oxygens (including phenoxy) is 3. The van der Waals surface area contributed by atoms with Gasteiger partial charge in [-0.25, -0.2) is 4.48 Å². The molecule has 0 heterocycles. The summed E-state index contributed by atoms with van der Waals surface area (Å²) in [6.45, 7) is 4.83. The van der Waals surface area contributed by atoms with E-state index in [9.17, 15) is 0 Å². The molecule has 84 valence electrons. The highest BCUT2D eigenvalue weighted by molar-refractivity contribution is 5.21. The summed E-state index contributed by atoms with van der Waals surface area (Å²) in [4.78, 5) is 4.90. The van der Waals surface area contributed by atoms with Crippen molar-refractivity contribution in [2.75, 3.05) is 48.3 Å². The molecule has 0 saturated heterocycles. The second-order valence-electron chi connectivity index (χ2n) is 2.98. The van der Waals surface area contributed by atoms with Gasteiger partial charge < -0.3 is 19.0 Å². The van der Waals surface area contributed by atoms with Crippen LogP contribution in [0.5, 0.6) is 0 Å². The highest BCUT2D eigenvalue weighted by Gasteiger charge is 2.28. The normalized spacial score (nSPS) is 11.4. The Kier molecular flexibility index (Phi) is 7.31. The van der Waals surface area contributed by atoms with E-state index in [1.54, 1.807) is 21.3 Å². The van der Waals surface area contributed by atoms with Gasteiger partial charge in [0.1, 0.15) is 0 Å². The Balaban J connectivity index is 4.28. The molecule has 0 saturated carbocycles. The van der Waals surface area contributed by atoms with Crippen LogP contribution in [0.1, 0.15) is 0 Å². The van der Waals surface area contributed by atoms with E-state index in [-0.39, 0.29) is 0 Å². The maximum absolute atomic E-state index is 5.08. The van der Waals surface area contributed by atoms with Crippen molar-refractivity contribution in [2.24, 2.45) is 5.16 Å². The molecule has 0 rings (SSSR count). The standard InChI is InChI=1S/C8H19N2O4/c1-9-14-8-10(5-11-2,6-12-3)7-13-4/h1,5-8H2,2-4H3/q+1. The zero-order chi connectivity index (χ0) is 10.9. The first kappa shape index (κ1) is 13.3. The lowest BCUT2D eigenvalue weighted by Crippen LogP contribution is -2.52. The van der Waals surface area contributed by atoms with Gasteiger partial charge in [-0.05, 0) is 0 Å². The first-order valence-corrected chi connectivity index (χ1v) is 4.14. The molecular weight excluding hydrogens is 188 g/mol. The number of hydrogen-bond donors (Lipinski definition) is 0. The second kappa shape index (κ2) is 7.69. The fourth-order valence-corrected chi connectivity index (χ4v) is 1.21. The molecule has 0 unspecified atom stereocenters. The molecule has 0 aliphatic rings. The Labute approximate surface area is 84.6 Å². The molecule has 0 fully saturated rings. The SMILES string of the molecule is C=NOC[N+](COC)(COC)COC. The fourth-order valence-electron chi connectivity index (χ4n) is 1.21. The Morgan fingerprint density at radius 2 is 1.36 bits per heavy atom. The molecule has 0 aliphatic heterocycles. The van der Waals surface area contributed by atoms with Crippen LogP contribution in [0.2, 0.25) is 0 Å². The van der Waals surface area contributed by atoms with Crippen molar-refractivity contribution < 1.29 is 23.5 Å². The highest BCUT2D eigenvalue weighted by atomic mass is 16.7. The molecule has 0 bridgehead atoms. The van der Waals surface area contributed by atoms with Crippen LogP contribution in [-0.4, -0.2) is 59.5 Å². The number of hydrogen-bond acceptors (Lipinski definition) is 5. The molecule has 6 nitrogen and oxygen atoms in total. The molecule has 6 heteroatoms. The Morgan fingerprint density at radius 3 is 1.64 bits per heavy atom. The van der Waals surface area contributed by atoms with Crippen LogP contribution in [0.4, 0.5) is 0 Å². The van der Waals surface area contributed by atoms with Gasteiger partial charge in [0.05, 0.1) is 0 Å². The average molecular weight is 207 g/mol. The fraction of sp³-hybridized carbons (Fsp3) is 0.875. The molecule has 0 aromatic rings. The molecule has 0 aromatic carbocycles. The van der Waals surface area contributed by atoms with Crippen LogP contribution >= 0.6 is 0 Å². The van der Waals surface area contributed by atoms with Crippen LogP contribution in [0.25, 0.3) is 0 Å². The maximum Gasteiger partial charge on any atom is 0.253 e. The van der Waals surface area contributed by atoms with E-state index in [0.29, 0.717) is 31.4 Å². The third-order valence-corrected chi connectivity index (χ3v) is 1.63. The van der Waals surface area contributed by atoms with E-state index in [1.807, 2.05) is 0 Å². The predicted octanol–water partition coefficient (Wildman–Crippen LogP) is 0.205. The topological polar surface area (TPSA) is 49.3 Å². The smallest absolute Gasteiger partial charge is 0.253 e. The number of methoxy groups -OCH3 is 3. The summed E-state index contributed by atoms with van der Waals surface area (Å²) >= 11 is 0. The van der Waals surface area contributed by atoms with E-state index in [2.05, 4.69) is 11.9 Å². The van der Waals surface area contributed by atoms with E-state index >= 15 is 0 Å². The van der Waals surface area contributed by atoms with Crippen molar-refractivity contribution in [1.82, 2.24) is 0 Å². The number of rotatable bonds is 9. The van der Waals surface area contributed by atoms with E-state index in [1.165, 1.54) is 0 Å². The van der Waals surface area contributed by atoms with Crippen LogP contribution < -0.4 is 0 Å². The molecule has 14 heavy (non-hydrogen) atoms. The average Bonchev–Trinajstić information content (AvgIpc) is 2.16. The van der Waals surface area contributed by atoms with Crippen LogP contribution in [0.3, 0.4) is 0 Å². The maximum atomic E-state index is 5.08. The Hall–Kier alpha value is -0.690. The van der Waals surface area contributed by atoms with Crippen molar-refractivity contribution in [3.8, 4) is 0 Å². The van der Waals surface area contributed by atoms with E-state index < -0.39 is 0 Å². The summed E-state index contributed by atoms with van der Waals surface area (Å²) < 4.78 is 15.6. The van der Waals surface area contributed by atoms with Crippen molar-refractivity contribution in [2.45, 2.75) is 0 Å². The van der Waals surface area contributed by atoms with Crippen molar-refractivity contribution >= 4 is 6.72 Å². The summed E-state index contributed by atoms with van der Waals surface area (Å²) in [6, 6.07) is 0. The van der Waals surface area contributed by atoms with E-state index in [0.717, 1.165) is 0 Å². The van der Waals surface area contributed by atoms with Crippen LogP contribution in [0, 0.1) is 0 Å². The molecular formula is C8H19N2O4+. The van der Waals surface area contributed by atoms with Gasteiger partial charge in [0, 0.05) is 28.0 Å². The van der Waals surface area contributed by atoms with Crippen molar-refractivity contribution in [1.29, 1.82) is 0 Å². The van der Waals surface area contributed by atoms with Gasteiger partial charge in [0.25, 0.3) is 6.73 Å². The minimum absolute atomic E-state index is 0.305. The lowest BCUT2D eigenvalue weighted by molar-refractivity contribution is -0.992. The summed E-state index contributed by atoms with van der Waals surface area (Å²) in [5.41, 5.74) is 0. The molecule has 0 aliphatic carbocycles. The molecule has 0 aromatic heterocycles. The molecule has 0 N–H and O–H groups in total. The largest absolute Gasteiger partial charge is 0.341 e. The Bertz CT molecular complexity index is 137. The molecule has 0 spiro atoms. The third-order valence-electron chi connectivity index (χ3n) is 1.63. The summed E-state index contributed by atoms with van der Waals surface area (Å²) in [5.74, 6) is 0. The summed E-state index contributed by atoms with van der Waals surface area (Å²) in [5, 5.41) is 3.33.